The van der Waals surface area contributed by atoms with Crippen LogP contribution >= 0.6 is 0 Å². The van der Waals surface area contributed by atoms with Crippen LogP contribution in [0.2, 0.25) is 0 Å². The van der Waals surface area contributed by atoms with Gasteiger partial charge in [-0.3, -0.25) is 9.59 Å². The van der Waals surface area contributed by atoms with Crippen LogP contribution in [0.4, 0.5) is 0 Å². The van der Waals surface area contributed by atoms with Gasteiger partial charge in [-0.2, -0.15) is 0 Å². The summed E-state index contributed by atoms with van der Waals surface area (Å²) >= 11 is 0. The monoisotopic (exact) mass is 436 g/mol. The van der Waals surface area contributed by atoms with Crippen molar-refractivity contribution < 1.29 is 18.0 Å². The maximum atomic E-state index is 12.9. The minimum Gasteiger partial charge on any atom is -0.350 e. The molecule has 0 spiro atoms. The summed E-state index contributed by atoms with van der Waals surface area (Å²) in [7, 11) is -3.06. The third kappa shape index (κ3) is 6.30. The molecule has 1 aromatic carbocycles. The van der Waals surface area contributed by atoms with Crippen LogP contribution in [-0.4, -0.2) is 55.3 Å². The number of aryl methyl sites for hydroxylation is 1. The first-order valence-corrected chi connectivity index (χ1v) is 12.5. The number of piperidine rings is 1. The van der Waals surface area contributed by atoms with E-state index in [-0.39, 0.29) is 41.2 Å². The highest BCUT2D eigenvalue weighted by molar-refractivity contribution is 7.91. The molecule has 1 aromatic rings. The fraction of sp³-hybridized carbons (Fsp3) is 0.652. The summed E-state index contributed by atoms with van der Waals surface area (Å²) in [6.45, 7) is 12.3. The average molecular weight is 437 g/mol. The Kier molecular flexibility index (Phi) is 8.08. The fourth-order valence-electron chi connectivity index (χ4n) is 3.84. The van der Waals surface area contributed by atoms with E-state index in [2.05, 4.69) is 5.32 Å². The van der Waals surface area contributed by atoms with Gasteiger partial charge < -0.3 is 10.2 Å². The maximum absolute atomic E-state index is 12.9. The van der Waals surface area contributed by atoms with Crippen molar-refractivity contribution in [3.8, 4) is 0 Å². The molecular formula is C23H36N2O4S. The van der Waals surface area contributed by atoms with Crippen LogP contribution in [0, 0.1) is 19.8 Å². The van der Waals surface area contributed by atoms with Gasteiger partial charge >= 0.3 is 0 Å². The molecule has 7 heteroatoms. The van der Waals surface area contributed by atoms with Crippen molar-refractivity contribution in [2.24, 2.45) is 5.92 Å². The highest BCUT2D eigenvalue weighted by atomic mass is 32.2. The molecule has 6 nitrogen and oxygen atoms in total. The Morgan fingerprint density at radius 1 is 1.10 bits per heavy atom. The number of carbonyl (C=O) groups excluding carboxylic acids is 2. The summed E-state index contributed by atoms with van der Waals surface area (Å²) in [6, 6.07) is 3.88. The minimum atomic E-state index is -3.06. The van der Waals surface area contributed by atoms with Crippen molar-refractivity contribution in [2.45, 2.75) is 72.1 Å². The number of hydrogen-bond acceptors (Lipinski definition) is 4. The SMILES string of the molecule is Cc1cc(CC(=O)N2CCC(CS(=O)(=O)C(C)C)CC2)c(C)c(C(=O)NC(C)C)c1. The molecule has 0 saturated carbocycles. The maximum Gasteiger partial charge on any atom is 0.251 e. The zero-order chi connectivity index (χ0) is 22.6. The molecule has 168 valence electrons. The highest BCUT2D eigenvalue weighted by Crippen LogP contribution is 2.23. The molecule has 0 unspecified atom stereocenters. The number of nitrogens with zero attached hydrogens (tertiary/aromatic N) is 1. The number of rotatable bonds is 7. The zero-order valence-electron chi connectivity index (χ0n) is 19.1. The van der Waals surface area contributed by atoms with E-state index in [1.165, 1.54) is 0 Å². The van der Waals surface area contributed by atoms with Gasteiger partial charge in [0.05, 0.1) is 17.4 Å². The lowest BCUT2D eigenvalue weighted by molar-refractivity contribution is -0.131. The van der Waals surface area contributed by atoms with Crippen LogP contribution in [-0.2, 0) is 21.1 Å². The zero-order valence-corrected chi connectivity index (χ0v) is 19.9. The summed E-state index contributed by atoms with van der Waals surface area (Å²) in [5.41, 5.74) is 3.28. The van der Waals surface area contributed by atoms with Gasteiger partial charge in [-0.1, -0.05) is 11.6 Å². The second-order valence-corrected chi connectivity index (χ2v) is 11.7. The normalized spacial score (nSPS) is 15.7. The van der Waals surface area contributed by atoms with Crippen LogP contribution in [0.25, 0.3) is 0 Å². The van der Waals surface area contributed by atoms with Crippen molar-refractivity contribution >= 4 is 21.7 Å². The number of carbonyl (C=O) groups is 2. The van der Waals surface area contributed by atoms with Crippen LogP contribution in [0.3, 0.4) is 0 Å². The van der Waals surface area contributed by atoms with E-state index in [0.717, 1.165) is 16.7 Å². The van der Waals surface area contributed by atoms with Gasteiger partial charge in [0.25, 0.3) is 5.91 Å². The molecule has 0 bridgehead atoms. The molecule has 1 N–H and O–H groups in total. The van der Waals surface area contributed by atoms with E-state index in [9.17, 15) is 18.0 Å². The number of likely N-dealkylation sites (tertiary alicyclic amines) is 1. The Hall–Kier alpha value is -1.89. The number of sulfone groups is 1. The van der Waals surface area contributed by atoms with E-state index in [0.29, 0.717) is 31.5 Å². The van der Waals surface area contributed by atoms with Gasteiger partial charge in [0.15, 0.2) is 9.84 Å². The van der Waals surface area contributed by atoms with E-state index in [1.807, 2.05) is 44.7 Å². The number of amides is 2. The number of benzene rings is 1. The van der Waals surface area contributed by atoms with Crippen LogP contribution in [0.5, 0.6) is 0 Å². The van der Waals surface area contributed by atoms with Gasteiger partial charge in [-0.15, -0.1) is 0 Å². The number of hydrogen-bond donors (Lipinski definition) is 1. The Balaban J connectivity index is 2.04. The first-order valence-electron chi connectivity index (χ1n) is 10.8. The smallest absolute Gasteiger partial charge is 0.251 e. The molecule has 0 aliphatic carbocycles. The summed E-state index contributed by atoms with van der Waals surface area (Å²) in [4.78, 5) is 27.2. The molecule has 1 aliphatic rings. The molecule has 0 radical (unpaired) electrons. The second kappa shape index (κ2) is 9.94. The molecule has 1 heterocycles. The van der Waals surface area contributed by atoms with E-state index < -0.39 is 9.84 Å². The number of nitrogens with one attached hydrogen (secondary N) is 1. The summed E-state index contributed by atoms with van der Waals surface area (Å²) in [6.07, 6.45) is 1.68. The van der Waals surface area contributed by atoms with Crippen LogP contribution in [0.1, 0.15) is 67.6 Å². The molecule has 0 aromatic heterocycles. The Bertz CT molecular complexity index is 883. The van der Waals surface area contributed by atoms with Gasteiger partial charge in [-0.05, 0) is 77.5 Å². The molecular weight excluding hydrogens is 400 g/mol. The van der Waals surface area contributed by atoms with Gasteiger partial charge in [0.2, 0.25) is 5.91 Å². The van der Waals surface area contributed by atoms with Gasteiger partial charge in [-0.25, -0.2) is 8.42 Å². The van der Waals surface area contributed by atoms with Crippen molar-refractivity contribution in [3.63, 3.8) is 0 Å². The molecule has 30 heavy (non-hydrogen) atoms. The van der Waals surface area contributed by atoms with E-state index >= 15 is 0 Å². The lowest BCUT2D eigenvalue weighted by atomic mass is 9.95. The Morgan fingerprint density at radius 2 is 1.70 bits per heavy atom. The van der Waals surface area contributed by atoms with Crippen molar-refractivity contribution in [1.82, 2.24) is 10.2 Å². The van der Waals surface area contributed by atoms with Gasteiger partial charge in [0.1, 0.15) is 0 Å². The second-order valence-electron chi connectivity index (χ2n) is 9.10. The molecule has 1 aliphatic heterocycles. The fourth-order valence-corrected chi connectivity index (χ4v) is 5.21. The molecule has 1 fully saturated rings. The standard InChI is InChI=1S/C23H36N2O4S/c1-15(2)24-23(27)21-12-17(5)11-20(18(21)6)13-22(26)25-9-7-19(8-10-25)14-30(28,29)16(3)4/h11-12,15-16,19H,7-10,13-14H2,1-6H3,(H,24,27). The highest BCUT2D eigenvalue weighted by Gasteiger charge is 2.28. The van der Waals surface area contributed by atoms with Crippen LogP contribution < -0.4 is 5.32 Å². The Labute approximate surface area is 181 Å². The first kappa shape index (κ1) is 24.4. The largest absolute Gasteiger partial charge is 0.350 e. The molecule has 1 saturated heterocycles. The lowest BCUT2D eigenvalue weighted by Crippen LogP contribution is -2.41. The summed E-state index contributed by atoms with van der Waals surface area (Å²) < 4.78 is 24.3. The molecule has 0 atom stereocenters. The summed E-state index contributed by atoms with van der Waals surface area (Å²) in [5.74, 6) is 0.238. The van der Waals surface area contributed by atoms with E-state index in [1.54, 1.807) is 13.8 Å². The predicted octanol–water partition coefficient (Wildman–Crippen LogP) is 3.05. The average Bonchev–Trinajstić information content (AvgIpc) is 2.63. The van der Waals surface area contributed by atoms with Crippen molar-refractivity contribution in [2.75, 3.05) is 18.8 Å². The lowest BCUT2D eigenvalue weighted by Gasteiger charge is -2.32. The van der Waals surface area contributed by atoms with Crippen LogP contribution in [0.15, 0.2) is 12.1 Å². The van der Waals surface area contributed by atoms with Crippen molar-refractivity contribution in [1.29, 1.82) is 0 Å². The topological polar surface area (TPSA) is 83.6 Å². The summed E-state index contributed by atoms with van der Waals surface area (Å²) in [5, 5.41) is 2.56. The van der Waals surface area contributed by atoms with Crippen molar-refractivity contribution in [3.05, 3.63) is 34.4 Å². The Morgan fingerprint density at radius 3 is 2.23 bits per heavy atom. The minimum absolute atomic E-state index is 0.0316. The quantitative estimate of drug-likeness (QED) is 0.712. The molecule has 2 rings (SSSR count). The predicted molar refractivity (Wildman–Crippen MR) is 120 cm³/mol. The first-order chi connectivity index (χ1) is 13.9. The van der Waals surface area contributed by atoms with E-state index in [4.69, 9.17) is 0 Å². The third-order valence-electron chi connectivity index (χ3n) is 5.82. The van der Waals surface area contributed by atoms with Gasteiger partial charge in [0, 0.05) is 24.7 Å². The third-order valence-corrected chi connectivity index (χ3v) is 8.19. The molecule has 2 amide bonds.